The Morgan fingerprint density at radius 3 is 1.29 bits per heavy atom. The highest BCUT2D eigenvalue weighted by Gasteiger charge is 2.27. The zero-order chi connectivity index (χ0) is 54.0. The molecule has 12 heteroatoms. The van der Waals surface area contributed by atoms with Crippen LogP contribution in [0.1, 0.15) is 28.9 Å². The van der Waals surface area contributed by atoms with Gasteiger partial charge in [-0.1, -0.05) is 133 Å². The van der Waals surface area contributed by atoms with E-state index in [9.17, 15) is 5.26 Å². The van der Waals surface area contributed by atoms with Crippen molar-refractivity contribution in [2.75, 3.05) is 0 Å². The van der Waals surface area contributed by atoms with Crippen molar-refractivity contribution in [3.63, 3.8) is 0 Å². The Morgan fingerprint density at radius 2 is 0.738 bits per heavy atom. The van der Waals surface area contributed by atoms with Gasteiger partial charge in [0.05, 0.1) is 50.6 Å². The van der Waals surface area contributed by atoms with Crippen molar-refractivity contribution in [3.8, 4) is 96.6 Å². The monoisotopic (exact) mass is 1030 g/mol. The normalized spacial score (nSPS) is 11.5. The van der Waals surface area contributed by atoms with E-state index in [0.717, 1.165) is 105 Å². The molecular formula is C68H46N12. The van der Waals surface area contributed by atoms with Crippen LogP contribution in [0.25, 0.3) is 134 Å². The van der Waals surface area contributed by atoms with Gasteiger partial charge in [-0.2, -0.15) is 5.26 Å². The molecule has 0 atom stereocenters. The summed E-state index contributed by atoms with van der Waals surface area (Å²) in [6, 6.07) is 73.2. The van der Waals surface area contributed by atoms with E-state index in [-0.39, 0.29) is 0 Å². The lowest BCUT2D eigenvalue weighted by Crippen LogP contribution is -2.06. The van der Waals surface area contributed by atoms with Crippen LogP contribution in [0.4, 0.5) is 0 Å². The molecule has 80 heavy (non-hydrogen) atoms. The first-order valence-corrected chi connectivity index (χ1v) is 26.4. The maximum Gasteiger partial charge on any atom is 0.166 e. The predicted octanol–water partition coefficient (Wildman–Crippen LogP) is 15.2. The summed E-state index contributed by atoms with van der Waals surface area (Å²) in [4.78, 5) is 44.2. The molecule has 0 unspecified atom stereocenters. The molecule has 0 aliphatic carbocycles. The van der Waals surface area contributed by atoms with E-state index in [1.165, 1.54) is 0 Å². The number of benzene rings is 9. The Hall–Kier alpha value is -10.9. The van der Waals surface area contributed by atoms with Crippen molar-refractivity contribution in [2.24, 2.45) is 0 Å². The van der Waals surface area contributed by atoms with Gasteiger partial charge in [0.15, 0.2) is 29.1 Å². The maximum absolute atomic E-state index is 10.6. The van der Waals surface area contributed by atoms with Gasteiger partial charge >= 0.3 is 0 Å². The number of aryl methyl sites for hydroxylation is 4. The molecule has 378 valence electrons. The summed E-state index contributed by atoms with van der Waals surface area (Å²) in [6.45, 7) is 7.58. The van der Waals surface area contributed by atoms with Crippen molar-refractivity contribution < 1.29 is 0 Å². The summed E-state index contributed by atoms with van der Waals surface area (Å²) in [5.74, 6) is 5.42. The Kier molecular flexibility index (Phi) is 11.5. The van der Waals surface area contributed by atoms with Gasteiger partial charge in [0.25, 0.3) is 0 Å². The van der Waals surface area contributed by atoms with Crippen LogP contribution < -0.4 is 0 Å². The van der Waals surface area contributed by atoms with Crippen LogP contribution >= 0.6 is 0 Å². The van der Waals surface area contributed by atoms with Crippen molar-refractivity contribution in [1.82, 2.24) is 54.0 Å². The van der Waals surface area contributed by atoms with Gasteiger partial charge < -0.3 is 9.13 Å². The molecule has 0 N–H and O–H groups in total. The molecule has 0 aliphatic heterocycles. The number of nitriles is 1. The second kappa shape index (κ2) is 19.3. The SMILES string of the molecule is Cc1nc(C)nc(-c2ccc3c(c2)c2ccccc2n3-c2ccc(-c3ccccc3C#N)cc2-c2cccc(-n3c4ccccc4c4cc(-c5nc(C)nc(C)n5)ccc43)c2-c2nc(-c3ccccc3)nc(-c3ccccc3)n2)n1. The number of aromatic nitrogens is 11. The van der Waals surface area contributed by atoms with E-state index in [2.05, 4.69) is 146 Å². The molecule has 0 saturated carbocycles. The van der Waals surface area contributed by atoms with Gasteiger partial charge in [0.1, 0.15) is 23.3 Å². The molecule has 5 aromatic heterocycles. The van der Waals surface area contributed by atoms with Crippen molar-refractivity contribution in [2.45, 2.75) is 27.7 Å². The van der Waals surface area contributed by atoms with Gasteiger partial charge in [-0.05, 0) is 117 Å². The van der Waals surface area contributed by atoms with E-state index in [4.69, 9.17) is 34.9 Å². The van der Waals surface area contributed by atoms with E-state index in [1.807, 2.05) is 113 Å². The average Bonchev–Trinajstić information content (AvgIpc) is 4.17. The summed E-state index contributed by atoms with van der Waals surface area (Å²) in [5, 5.41) is 14.8. The fourth-order valence-corrected chi connectivity index (χ4v) is 11.3. The molecule has 9 aromatic carbocycles. The zero-order valence-electron chi connectivity index (χ0n) is 44.0. The van der Waals surface area contributed by atoms with Gasteiger partial charge in [-0.3, -0.25) is 0 Å². The molecule has 0 radical (unpaired) electrons. The lowest BCUT2D eigenvalue weighted by atomic mass is 9.91. The van der Waals surface area contributed by atoms with Crippen molar-refractivity contribution in [1.29, 1.82) is 5.26 Å². The van der Waals surface area contributed by atoms with Gasteiger partial charge in [-0.25, -0.2) is 44.9 Å². The van der Waals surface area contributed by atoms with E-state index >= 15 is 0 Å². The van der Waals surface area contributed by atoms with Crippen molar-refractivity contribution >= 4 is 43.6 Å². The van der Waals surface area contributed by atoms with Crippen LogP contribution in [0, 0.1) is 39.0 Å². The molecule has 0 fully saturated rings. The minimum Gasteiger partial charge on any atom is -0.309 e. The highest BCUT2D eigenvalue weighted by Crippen LogP contribution is 2.46. The van der Waals surface area contributed by atoms with E-state index in [0.29, 0.717) is 58.0 Å². The number of hydrogen-bond acceptors (Lipinski definition) is 10. The van der Waals surface area contributed by atoms with Crippen LogP contribution in [0.5, 0.6) is 0 Å². The van der Waals surface area contributed by atoms with Crippen LogP contribution in [0.15, 0.2) is 206 Å². The largest absolute Gasteiger partial charge is 0.309 e. The number of nitrogens with zero attached hydrogens (tertiary/aromatic N) is 12. The number of para-hydroxylation sites is 2. The van der Waals surface area contributed by atoms with Crippen LogP contribution in [0.2, 0.25) is 0 Å². The van der Waals surface area contributed by atoms with Gasteiger partial charge in [-0.15, -0.1) is 0 Å². The minimum absolute atomic E-state index is 0.477. The van der Waals surface area contributed by atoms with Crippen LogP contribution in [-0.4, -0.2) is 54.0 Å². The topological polar surface area (TPSA) is 150 Å². The van der Waals surface area contributed by atoms with E-state index in [1.54, 1.807) is 0 Å². The predicted molar refractivity (Wildman–Crippen MR) is 317 cm³/mol. The highest BCUT2D eigenvalue weighted by atomic mass is 15.1. The third-order valence-corrected chi connectivity index (χ3v) is 14.7. The molecule has 12 nitrogen and oxygen atoms in total. The number of rotatable bonds is 9. The molecular weight excluding hydrogens is 985 g/mol. The number of fused-ring (bicyclic) bond motifs is 6. The molecule has 0 bridgehead atoms. The summed E-state index contributed by atoms with van der Waals surface area (Å²) >= 11 is 0. The standard InChI is InChI=1S/C68H46N12/c1-40-70-41(2)73-66(72-40)47-31-34-59-54(37-47)51-24-13-15-27-57(51)79(59)61-33-30-46(50-23-12-11-22-49(50)39-69)36-56(61)53-26-17-29-62(63(53)68-77-64(44-18-7-5-8-19-44)76-65(78-68)45-20-9-6-10-21-45)80-58-28-16-14-25-52(58)55-38-48(32-35-60(55)80)67-74-42(3)71-43(4)75-67/h5-38H,1-4H3. The van der Waals surface area contributed by atoms with Gasteiger partial charge in [0.2, 0.25) is 0 Å². The second-order valence-corrected chi connectivity index (χ2v) is 19.8. The molecule has 0 saturated heterocycles. The fourth-order valence-electron chi connectivity index (χ4n) is 11.3. The van der Waals surface area contributed by atoms with Crippen molar-refractivity contribution in [3.05, 3.63) is 235 Å². The smallest absolute Gasteiger partial charge is 0.166 e. The molecule has 14 aromatic rings. The Labute approximate surface area is 460 Å². The third-order valence-electron chi connectivity index (χ3n) is 14.7. The first kappa shape index (κ1) is 47.5. The Morgan fingerprint density at radius 1 is 0.300 bits per heavy atom. The Bertz CT molecular complexity index is 4740. The fraction of sp³-hybridized carbons (Fsp3) is 0.0588. The summed E-state index contributed by atoms with van der Waals surface area (Å²) < 4.78 is 4.67. The maximum atomic E-state index is 10.6. The lowest BCUT2D eigenvalue weighted by Gasteiger charge is -2.21. The lowest BCUT2D eigenvalue weighted by molar-refractivity contribution is 0.928. The quantitative estimate of drug-likeness (QED) is 0.137. The molecule has 0 amide bonds. The second-order valence-electron chi connectivity index (χ2n) is 19.8. The zero-order valence-corrected chi connectivity index (χ0v) is 44.0. The average molecular weight is 1030 g/mol. The first-order valence-electron chi connectivity index (χ1n) is 26.4. The van der Waals surface area contributed by atoms with Crippen LogP contribution in [-0.2, 0) is 0 Å². The number of hydrogen-bond donors (Lipinski definition) is 0. The molecule has 0 spiro atoms. The molecule has 0 aliphatic rings. The summed E-state index contributed by atoms with van der Waals surface area (Å²) in [7, 11) is 0. The summed E-state index contributed by atoms with van der Waals surface area (Å²) in [6.07, 6.45) is 0. The molecule has 14 rings (SSSR count). The third kappa shape index (κ3) is 8.20. The first-order chi connectivity index (χ1) is 39.2. The highest BCUT2D eigenvalue weighted by molar-refractivity contribution is 6.13. The Balaban J connectivity index is 1.11. The van der Waals surface area contributed by atoms with E-state index < -0.39 is 0 Å². The molecule has 5 heterocycles. The van der Waals surface area contributed by atoms with Crippen LogP contribution in [0.3, 0.4) is 0 Å². The van der Waals surface area contributed by atoms with Gasteiger partial charge in [0, 0.05) is 49.4 Å². The summed E-state index contributed by atoms with van der Waals surface area (Å²) in [5.41, 5.74) is 13.9. The minimum atomic E-state index is 0.477.